The van der Waals surface area contributed by atoms with Crippen molar-refractivity contribution in [2.75, 3.05) is 19.6 Å². The molecule has 0 unspecified atom stereocenters. The molecular weight excluding hydrogens is 292 g/mol. The monoisotopic (exact) mass is 316 g/mol. The average molecular weight is 316 g/mol. The van der Waals surface area contributed by atoms with Gasteiger partial charge in [-0.2, -0.15) is 0 Å². The second kappa shape index (κ2) is 6.07. The van der Waals surface area contributed by atoms with Crippen molar-refractivity contribution < 1.29 is 9.52 Å². The standard InChI is InChI=1S/C18H24N2O3/c1-12-7-15-14(9-17(21)23-16(15)8-13(12)2)10-20-5-3-18(22,11-19)4-6-20/h7-9,22H,3-6,10-11,19H2,1-2H3. The summed E-state index contributed by atoms with van der Waals surface area (Å²) in [7, 11) is 0. The van der Waals surface area contributed by atoms with Gasteiger partial charge in [-0.1, -0.05) is 0 Å². The van der Waals surface area contributed by atoms with Crippen molar-refractivity contribution in [3.8, 4) is 0 Å². The van der Waals surface area contributed by atoms with Crippen LogP contribution < -0.4 is 11.4 Å². The number of likely N-dealkylation sites (tertiary alicyclic amines) is 1. The fraction of sp³-hybridized carbons (Fsp3) is 0.500. The molecule has 3 rings (SSSR count). The number of benzene rings is 1. The summed E-state index contributed by atoms with van der Waals surface area (Å²) in [5, 5.41) is 11.2. The summed E-state index contributed by atoms with van der Waals surface area (Å²) in [6, 6.07) is 5.60. The predicted octanol–water partition coefficient (Wildman–Crippen LogP) is 1.70. The maximum atomic E-state index is 11.8. The van der Waals surface area contributed by atoms with E-state index < -0.39 is 5.60 Å². The van der Waals surface area contributed by atoms with E-state index in [1.165, 1.54) is 5.56 Å². The van der Waals surface area contributed by atoms with Crippen LogP contribution in [0.15, 0.2) is 27.4 Å². The zero-order valence-electron chi connectivity index (χ0n) is 13.8. The van der Waals surface area contributed by atoms with Crippen LogP contribution in [-0.4, -0.2) is 35.2 Å². The van der Waals surface area contributed by atoms with Crippen molar-refractivity contribution in [3.05, 3.63) is 45.3 Å². The Hall–Kier alpha value is -1.69. The third kappa shape index (κ3) is 3.32. The molecule has 0 bridgehead atoms. The normalized spacial score (nSPS) is 18.4. The minimum absolute atomic E-state index is 0.303. The molecule has 0 spiro atoms. The predicted molar refractivity (Wildman–Crippen MR) is 90.5 cm³/mol. The van der Waals surface area contributed by atoms with Gasteiger partial charge >= 0.3 is 5.63 Å². The van der Waals surface area contributed by atoms with Crippen molar-refractivity contribution in [1.29, 1.82) is 0 Å². The van der Waals surface area contributed by atoms with E-state index in [2.05, 4.69) is 17.9 Å². The number of fused-ring (bicyclic) bond motifs is 1. The Kier molecular flexibility index (Phi) is 4.27. The summed E-state index contributed by atoms with van der Waals surface area (Å²) in [6.07, 6.45) is 1.34. The van der Waals surface area contributed by atoms with E-state index >= 15 is 0 Å². The molecule has 0 aliphatic carbocycles. The molecule has 2 aromatic rings. The van der Waals surface area contributed by atoms with Gasteiger partial charge in [-0.25, -0.2) is 4.79 Å². The Morgan fingerprint density at radius 2 is 1.87 bits per heavy atom. The van der Waals surface area contributed by atoms with E-state index in [1.807, 2.05) is 13.0 Å². The number of hydrogen-bond acceptors (Lipinski definition) is 5. The van der Waals surface area contributed by atoms with Crippen molar-refractivity contribution in [2.45, 2.75) is 38.8 Å². The highest BCUT2D eigenvalue weighted by Gasteiger charge is 2.30. The molecule has 23 heavy (non-hydrogen) atoms. The van der Waals surface area contributed by atoms with Crippen LogP contribution in [0.2, 0.25) is 0 Å². The second-order valence-electron chi connectivity index (χ2n) is 6.73. The number of aliphatic hydroxyl groups is 1. The van der Waals surface area contributed by atoms with Gasteiger partial charge in [0.2, 0.25) is 0 Å². The van der Waals surface area contributed by atoms with Gasteiger partial charge in [-0.15, -0.1) is 0 Å². The zero-order valence-corrected chi connectivity index (χ0v) is 13.8. The van der Waals surface area contributed by atoms with E-state index in [0.29, 0.717) is 31.5 Å². The Morgan fingerprint density at radius 3 is 2.52 bits per heavy atom. The van der Waals surface area contributed by atoms with E-state index in [1.54, 1.807) is 6.07 Å². The van der Waals surface area contributed by atoms with Gasteiger partial charge in [0.15, 0.2) is 0 Å². The summed E-state index contributed by atoms with van der Waals surface area (Å²) in [5.41, 5.74) is 8.52. The maximum absolute atomic E-state index is 11.8. The molecule has 0 radical (unpaired) electrons. The van der Waals surface area contributed by atoms with Gasteiger partial charge in [0.05, 0.1) is 5.60 Å². The number of nitrogens with zero attached hydrogens (tertiary/aromatic N) is 1. The molecule has 3 N–H and O–H groups in total. The Bertz CT molecular complexity index is 774. The quantitative estimate of drug-likeness (QED) is 0.843. The molecular formula is C18H24N2O3. The number of rotatable bonds is 3. The molecule has 5 heteroatoms. The van der Waals surface area contributed by atoms with Crippen molar-refractivity contribution in [3.63, 3.8) is 0 Å². The molecule has 1 aromatic heterocycles. The molecule has 124 valence electrons. The smallest absolute Gasteiger partial charge is 0.336 e. The Labute approximate surface area is 135 Å². The lowest BCUT2D eigenvalue weighted by Crippen LogP contribution is -2.48. The van der Waals surface area contributed by atoms with Gasteiger partial charge < -0.3 is 15.3 Å². The van der Waals surface area contributed by atoms with Crippen LogP contribution in [0, 0.1) is 13.8 Å². The van der Waals surface area contributed by atoms with Gasteiger partial charge in [0.1, 0.15) is 5.58 Å². The average Bonchev–Trinajstić information content (AvgIpc) is 2.52. The summed E-state index contributed by atoms with van der Waals surface area (Å²) in [5.74, 6) is 0. The summed E-state index contributed by atoms with van der Waals surface area (Å²) < 4.78 is 5.35. The highest BCUT2D eigenvalue weighted by atomic mass is 16.4. The summed E-state index contributed by atoms with van der Waals surface area (Å²) >= 11 is 0. The number of nitrogens with two attached hydrogens (primary N) is 1. The molecule has 1 aliphatic rings. The Balaban J connectivity index is 1.89. The fourth-order valence-corrected chi connectivity index (χ4v) is 3.19. The molecule has 0 saturated carbocycles. The first-order valence-electron chi connectivity index (χ1n) is 8.09. The first-order valence-corrected chi connectivity index (χ1v) is 8.09. The minimum Gasteiger partial charge on any atom is -0.423 e. The summed E-state index contributed by atoms with van der Waals surface area (Å²) in [4.78, 5) is 14.1. The van der Waals surface area contributed by atoms with Crippen LogP contribution in [0.4, 0.5) is 0 Å². The lowest BCUT2D eigenvalue weighted by Gasteiger charge is -2.37. The molecule has 1 fully saturated rings. The highest BCUT2D eigenvalue weighted by molar-refractivity contribution is 5.81. The van der Waals surface area contributed by atoms with Crippen LogP contribution in [-0.2, 0) is 6.54 Å². The molecule has 5 nitrogen and oxygen atoms in total. The molecule has 1 saturated heterocycles. The third-order valence-electron chi connectivity index (χ3n) is 5.01. The molecule has 1 aliphatic heterocycles. The van der Waals surface area contributed by atoms with Gasteiger partial charge in [0, 0.05) is 37.6 Å². The lowest BCUT2D eigenvalue weighted by molar-refractivity contribution is -0.0152. The first-order chi connectivity index (χ1) is 10.9. The molecule has 1 aromatic carbocycles. The largest absolute Gasteiger partial charge is 0.423 e. The second-order valence-corrected chi connectivity index (χ2v) is 6.73. The van der Waals surface area contributed by atoms with Gasteiger partial charge in [0.25, 0.3) is 0 Å². The SMILES string of the molecule is Cc1cc2oc(=O)cc(CN3CCC(O)(CN)CC3)c2cc1C. The van der Waals surface area contributed by atoms with E-state index in [0.717, 1.165) is 29.6 Å². The van der Waals surface area contributed by atoms with Crippen LogP contribution in [0.3, 0.4) is 0 Å². The third-order valence-corrected chi connectivity index (χ3v) is 5.01. The number of hydrogen-bond donors (Lipinski definition) is 2. The zero-order chi connectivity index (χ0) is 16.6. The van der Waals surface area contributed by atoms with E-state index in [4.69, 9.17) is 10.2 Å². The van der Waals surface area contributed by atoms with Crippen LogP contribution >= 0.6 is 0 Å². The first kappa shape index (κ1) is 16.2. The van der Waals surface area contributed by atoms with Crippen molar-refractivity contribution >= 4 is 11.0 Å². The van der Waals surface area contributed by atoms with Crippen LogP contribution in [0.1, 0.15) is 29.5 Å². The maximum Gasteiger partial charge on any atom is 0.336 e. The highest BCUT2D eigenvalue weighted by Crippen LogP contribution is 2.26. The summed E-state index contributed by atoms with van der Waals surface area (Å²) in [6.45, 7) is 6.62. The number of aryl methyl sites for hydroxylation is 2. The minimum atomic E-state index is -0.734. The van der Waals surface area contributed by atoms with Crippen molar-refractivity contribution in [1.82, 2.24) is 4.90 Å². The fourth-order valence-electron chi connectivity index (χ4n) is 3.19. The number of piperidine rings is 1. The Morgan fingerprint density at radius 1 is 1.22 bits per heavy atom. The lowest BCUT2D eigenvalue weighted by atomic mass is 9.91. The van der Waals surface area contributed by atoms with Gasteiger partial charge in [-0.05, 0) is 55.5 Å². The van der Waals surface area contributed by atoms with Crippen LogP contribution in [0.25, 0.3) is 11.0 Å². The van der Waals surface area contributed by atoms with Gasteiger partial charge in [-0.3, -0.25) is 4.90 Å². The topological polar surface area (TPSA) is 79.7 Å². The molecule has 0 atom stereocenters. The van der Waals surface area contributed by atoms with E-state index in [9.17, 15) is 9.90 Å². The van der Waals surface area contributed by atoms with E-state index in [-0.39, 0.29) is 5.63 Å². The van der Waals surface area contributed by atoms with Crippen LogP contribution in [0.5, 0.6) is 0 Å². The molecule has 2 heterocycles. The van der Waals surface area contributed by atoms with Crippen molar-refractivity contribution in [2.24, 2.45) is 5.73 Å². The molecule has 0 amide bonds.